The Morgan fingerprint density at radius 2 is 1.78 bits per heavy atom. The number of benzene rings is 3. The van der Waals surface area contributed by atoms with Crippen LogP contribution in [0.15, 0.2) is 59.8 Å². The van der Waals surface area contributed by atoms with Gasteiger partial charge in [-0.1, -0.05) is 24.3 Å². The second-order valence-corrected chi connectivity index (χ2v) is 8.61. The van der Waals surface area contributed by atoms with Crippen molar-refractivity contribution < 1.29 is 13.5 Å². The molecule has 1 aliphatic rings. The average molecular weight is 377 g/mol. The number of anilines is 2. The summed E-state index contributed by atoms with van der Waals surface area (Å²) in [6.07, 6.45) is 1.91. The molecule has 0 unspecified atom stereocenters. The molecule has 2 N–H and O–H groups in total. The first-order valence-electron chi connectivity index (χ1n) is 8.52. The summed E-state index contributed by atoms with van der Waals surface area (Å²) < 4.78 is 24.6. The molecule has 0 radical (unpaired) electrons. The van der Waals surface area contributed by atoms with Crippen LogP contribution in [0.4, 0.5) is 11.5 Å². The summed E-state index contributed by atoms with van der Waals surface area (Å²) in [7, 11) is -3.24. The van der Waals surface area contributed by atoms with E-state index in [1.165, 1.54) is 6.33 Å². The van der Waals surface area contributed by atoms with Crippen LogP contribution >= 0.6 is 0 Å². The Morgan fingerprint density at radius 1 is 0.963 bits per heavy atom. The second kappa shape index (κ2) is 5.65. The maximum atomic E-state index is 12.3. The zero-order valence-corrected chi connectivity index (χ0v) is 15.0. The number of phenols is 1. The number of aryl methyl sites for hydroxylation is 1. The van der Waals surface area contributed by atoms with E-state index >= 15 is 0 Å². The topological polar surface area (TPSA) is 92.2 Å². The molecule has 0 spiro atoms. The highest BCUT2D eigenvalue weighted by atomic mass is 32.2. The molecule has 1 aliphatic heterocycles. The molecular weight excluding hydrogens is 362 g/mol. The second-order valence-electron chi connectivity index (χ2n) is 6.53. The quantitative estimate of drug-likeness (QED) is 0.555. The molecule has 1 aromatic heterocycles. The first kappa shape index (κ1) is 16.0. The number of sulfone groups is 1. The van der Waals surface area contributed by atoms with Gasteiger partial charge in [0, 0.05) is 21.8 Å². The number of nitrogens with zero attached hydrogens (tertiary/aromatic N) is 2. The number of aromatic hydroxyl groups is 1. The molecule has 2 heterocycles. The van der Waals surface area contributed by atoms with Crippen molar-refractivity contribution in [3.05, 3.63) is 60.4 Å². The SMILES string of the molecule is O=S1(=O)CCc2c1ccc1ncnc(Nc3cccc4c(O)cccc34)c21. The Hall–Kier alpha value is -3.19. The summed E-state index contributed by atoms with van der Waals surface area (Å²) in [6.45, 7) is 0. The van der Waals surface area contributed by atoms with Gasteiger partial charge in [-0.05, 0) is 36.2 Å². The van der Waals surface area contributed by atoms with Crippen molar-refractivity contribution in [1.29, 1.82) is 0 Å². The first-order chi connectivity index (χ1) is 13.0. The number of rotatable bonds is 2. The number of aromatic nitrogens is 2. The number of hydrogen-bond donors (Lipinski definition) is 2. The first-order valence-corrected chi connectivity index (χ1v) is 10.2. The molecular formula is C20H15N3O3S. The third kappa shape index (κ3) is 2.43. The van der Waals surface area contributed by atoms with E-state index in [1.807, 2.05) is 24.3 Å². The third-order valence-corrected chi connectivity index (χ3v) is 6.77. The standard InChI is InChI=1S/C20H15N3O3S/c24-17-6-2-3-12-13(17)4-1-5-15(12)23-20-19-14-9-10-27(25,26)18(14)8-7-16(19)21-11-22-20/h1-8,11,24H,9-10H2,(H,21,22,23). The van der Waals surface area contributed by atoms with E-state index in [0.717, 1.165) is 27.4 Å². The molecule has 134 valence electrons. The fraction of sp³-hybridized carbons (Fsp3) is 0.100. The van der Waals surface area contributed by atoms with Crippen molar-refractivity contribution in [3.8, 4) is 5.75 Å². The van der Waals surface area contributed by atoms with Crippen molar-refractivity contribution >= 4 is 43.0 Å². The molecule has 0 amide bonds. The molecule has 4 aromatic rings. The van der Waals surface area contributed by atoms with Crippen molar-refractivity contribution in [2.24, 2.45) is 0 Å². The molecule has 0 bridgehead atoms. The Bertz CT molecular complexity index is 1330. The van der Waals surface area contributed by atoms with Gasteiger partial charge in [0.2, 0.25) is 0 Å². The lowest BCUT2D eigenvalue weighted by Crippen LogP contribution is -2.00. The Balaban J connectivity index is 1.74. The molecule has 0 atom stereocenters. The van der Waals surface area contributed by atoms with Gasteiger partial charge in [-0.25, -0.2) is 18.4 Å². The van der Waals surface area contributed by atoms with Gasteiger partial charge in [-0.15, -0.1) is 0 Å². The monoisotopic (exact) mass is 377 g/mol. The van der Waals surface area contributed by atoms with Crippen molar-refractivity contribution in [2.45, 2.75) is 11.3 Å². The number of phenolic OH excluding ortho intramolecular Hbond substituents is 1. The molecule has 6 nitrogen and oxygen atoms in total. The summed E-state index contributed by atoms with van der Waals surface area (Å²) in [5.74, 6) is 0.873. The minimum atomic E-state index is -3.24. The van der Waals surface area contributed by atoms with Gasteiger partial charge in [0.25, 0.3) is 0 Å². The van der Waals surface area contributed by atoms with Gasteiger partial charge in [-0.3, -0.25) is 0 Å². The molecule has 3 aromatic carbocycles. The minimum absolute atomic E-state index is 0.109. The van der Waals surface area contributed by atoms with E-state index in [9.17, 15) is 13.5 Å². The lowest BCUT2D eigenvalue weighted by atomic mass is 10.1. The summed E-state index contributed by atoms with van der Waals surface area (Å²) >= 11 is 0. The fourth-order valence-electron chi connectivity index (χ4n) is 3.71. The van der Waals surface area contributed by atoms with Gasteiger partial charge < -0.3 is 10.4 Å². The van der Waals surface area contributed by atoms with Crippen LogP contribution in [0, 0.1) is 0 Å². The molecule has 0 saturated heterocycles. The van der Waals surface area contributed by atoms with E-state index in [1.54, 1.807) is 24.3 Å². The highest BCUT2D eigenvalue weighted by molar-refractivity contribution is 7.91. The molecule has 5 rings (SSSR count). The predicted molar refractivity (Wildman–Crippen MR) is 104 cm³/mol. The van der Waals surface area contributed by atoms with Crippen LogP contribution in [0.2, 0.25) is 0 Å². The summed E-state index contributed by atoms with van der Waals surface area (Å²) in [6, 6.07) is 14.3. The third-order valence-electron chi connectivity index (χ3n) is 4.98. The maximum Gasteiger partial charge on any atom is 0.179 e. The van der Waals surface area contributed by atoms with Gasteiger partial charge in [-0.2, -0.15) is 0 Å². The lowest BCUT2D eigenvalue weighted by Gasteiger charge is -2.13. The van der Waals surface area contributed by atoms with E-state index in [0.29, 0.717) is 22.7 Å². The zero-order chi connectivity index (χ0) is 18.6. The molecule has 7 heteroatoms. The Morgan fingerprint density at radius 3 is 2.67 bits per heavy atom. The van der Waals surface area contributed by atoms with Gasteiger partial charge in [0.05, 0.1) is 16.2 Å². The van der Waals surface area contributed by atoms with Crippen LogP contribution in [0.5, 0.6) is 5.75 Å². The zero-order valence-electron chi connectivity index (χ0n) is 14.2. The highest BCUT2D eigenvalue weighted by Gasteiger charge is 2.29. The number of hydrogen-bond acceptors (Lipinski definition) is 6. The van der Waals surface area contributed by atoms with E-state index < -0.39 is 9.84 Å². The molecule has 27 heavy (non-hydrogen) atoms. The highest BCUT2D eigenvalue weighted by Crippen LogP contribution is 2.37. The summed E-state index contributed by atoms with van der Waals surface area (Å²) in [5.41, 5.74) is 2.24. The van der Waals surface area contributed by atoms with E-state index in [4.69, 9.17) is 0 Å². The van der Waals surface area contributed by atoms with Gasteiger partial charge in [0.1, 0.15) is 17.9 Å². The lowest BCUT2D eigenvalue weighted by molar-refractivity contribution is 0.481. The maximum absolute atomic E-state index is 12.3. The predicted octanol–water partition coefficient (Wildman–Crippen LogP) is 3.56. The smallest absolute Gasteiger partial charge is 0.179 e. The number of fused-ring (bicyclic) bond motifs is 4. The van der Waals surface area contributed by atoms with Crippen molar-refractivity contribution in [2.75, 3.05) is 11.1 Å². The van der Waals surface area contributed by atoms with Gasteiger partial charge >= 0.3 is 0 Å². The minimum Gasteiger partial charge on any atom is -0.507 e. The summed E-state index contributed by atoms with van der Waals surface area (Å²) in [4.78, 5) is 9.04. The van der Waals surface area contributed by atoms with Crippen LogP contribution in [-0.4, -0.2) is 29.2 Å². The van der Waals surface area contributed by atoms with E-state index in [-0.39, 0.29) is 11.5 Å². The fourth-order valence-corrected chi connectivity index (χ4v) is 5.26. The summed E-state index contributed by atoms with van der Waals surface area (Å²) in [5, 5.41) is 15.7. The van der Waals surface area contributed by atoms with Crippen LogP contribution in [-0.2, 0) is 16.3 Å². The Kier molecular flexibility index (Phi) is 3.35. The largest absolute Gasteiger partial charge is 0.507 e. The van der Waals surface area contributed by atoms with E-state index in [2.05, 4.69) is 15.3 Å². The average Bonchev–Trinajstić information content (AvgIpc) is 2.98. The molecule has 0 saturated carbocycles. The van der Waals surface area contributed by atoms with Crippen molar-refractivity contribution in [3.63, 3.8) is 0 Å². The number of nitrogens with one attached hydrogen (secondary N) is 1. The van der Waals surface area contributed by atoms with Crippen LogP contribution in [0.25, 0.3) is 21.7 Å². The van der Waals surface area contributed by atoms with Gasteiger partial charge in [0.15, 0.2) is 9.84 Å². The van der Waals surface area contributed by atoms with Crippen LogP contribution in [0.3, 0.4) is 0 Å². The molecule has 0 aliphatic carbocycles. The van der Waals surface area contributed by atoms with Crippen LogP contribution in [0.1, 0.15) is 5.56 Å². The normalized spacial score (nSPS) is 15.1. The Labute approximate surface area is 155 Å². The van der Waals surface area contributed by atoms with Crippen molar-refractivity contribution in [1.82, 2.24) is 9.97 Å². The van der Waals surface area contributed by atoms with Crippen LogP contribution < -0.4 is 5.32 Å². The molecule has 0 fully saturated rings.